The molecule has 2 aromatic carbocycles. The van der Waals surface area contributed by atoms with Gasteiger partial charge in [-0.25, -0.2) is 9.97 Å². The molecule has 1 aliphatic carbocycles. The van der Waals surface area contributed by atoms with E-state index in [1.165, 1.54) is 25.7 Å². The summed E-state index contributed by atoms with van der Waals surface area (Å²) < 4.78 is 0. The van der Waals surface area contributed by atoms with Crippen molar-refractivity contribution < 1.29 is 4.79 Å². The van der Waals surface area contributed by atoms with Crippen molar-refractivity contribution in [2.45, 2.75) is 53.4 Å². The lowest BCUT2D eigenvalue weighted by Crippen LogP contribution is -2.12. The maximum atomic E-state index is 10.6. The highest BCUT2D eigenvalue weighted by Gasteiger charge is 2.13. The number of hydrogen-bond donors (Lipinski definition) is 0. The minimum atomic E-state index is 0.121. The first kappa shape index (κ1) is 28.0. The predicted molar refractivity (Wildman–Crippen MR) is 143 cm³/mol. The minimum absolute atomic E-state index is 0.121. The summed E-state index contributed by atoms with van der Waals surface area (Å²) in [4.78, 5) is 21.5. The number of carbonyl (C=O) groups is 1. The second kappa shape index (κ2) is 14.9. The molecule has 0 spiro atoms. The monoisotopic (exact) mass is 447 g/mol. The van der Waals surface area contributed by atoms with Crippen LogP contribution in [0.15, 0.2) is 67.8 Å². The number of nitrogens with zero attached hydrogens (tertiary/aromatic N) is 3. The van der Waals surface area contributed by atoms with Gasteiger partial charge in [-0.05, 0) is 37.8 Å². The van der Waals surface area contributed by atoms with Crippen LogP contribution in [0.2, 0.25) is 0 Å². The van der Waals surface area contributed by atoms with Crippen molar-refractivity contribution in [2.75, 3.05) is 19.0 Å². The van der Waals surface area contributed by atoms with E-state index in [-0.39, 0.29) is 5.78 Å². The van der Waals surface area contributed by atoms with Crippen LogP contribution >= 0.6 is 0 Å². The lowest BCUT2D eigenvalue weighted by atomic mass is 9.84. The Labute approximate surface area is 200 Å². The molecule has 0 bridgehead atoms. The van der Waals surface area contributed by atoms with E-state index in [0.29, 0.717) is 0 Å². The highest BCUT2D eigenvalue weighted by molar-refractivity contribution is 5.93. The van der Waals surface area contributed by atoms with Crippen molar-refractivity contribution in [3.8, 4) is 0 Å². The molecular weight excluding hydrogens is 406 g/mol. The third kappa shape index (κ3) is 9.98. The van der Waals surface area contributed by atoms with E-state index in [1.54, 1.807) is 6.92 Å². The van der Waals surface area contributed by atoms with Gasteiger partial charge in [-0.3, -0.25) is 4.79 Å². The molecule has 0 saturated heterocycles. The fourth-order valence-corrected chi connectivity index (χ4v) is 3.61. The van der Waals surface area contributed by atoms with Gasteiger partial charge in [-0.15, -0.1) is 13.2 Å². The molecule has 0 aliphatic heterocycles. The van der Waals surface area contributed by atoms with Crippen LogP contribution in [-0.2, 0) is 0 Å². The minimum Gasteiger partial charge on any atom is -0.362 e. The lowest BCUT2D eigenvalue weighted by Gasteiger charge is -2.22. The number of benzene rings is 2. The van der Waals surface area contributed by atoms with Crippen LogP contribution in [0.3, 0.4) is 0 Å². The highest BCUT2D eigenvalue weighted by Crippen LogP contribution is 2.27. The summed E-state index contributed by atoms with van der Waals surface area (Å²) in [6, 6.07) is 17.3. The Bertz CT molecular complexity index is 951. The number of rotatable bonds is 2. The number of ketones is 1. The predicted octanol–water partition coefficient (Wildman–Crippen LogP) is 7.53. The highest BCUT2D eigenvalue weighted by atomic mass is 16.1. The SMILES string of the molecule is C=C.CC(=O)c1ccccc1.CC1CCC(C)CC1.Cc1nc(N(C)C)c2ccccc2n1. The first-order chi connectivity index (χ1) is 15.8. The molecule has 0 N–H and O–H groups in total. The molecule has 1 heterocycles. The number of fused-ring (bicyclic) bond motifs is 1. The molecule has 0 atom stereocenters. The Morgan fingerprint density at radius 2 is 1.33 bits per heavy atom. The molecule has 4 rings (SSSR count). The van der Waals surface area contributed by atoms with Crippen molar-refractivity contribution in [3.05, 3.63) is 79.1 Å². The Morgan fingerprint density at radius 3 is 1.79 bits per heavy atom. The Morgan fingerprint density at radius 1 is 0.848 bits per heavy atom. The summed E-state index contributed by atoms with van der Waals surface area (Å²) in [6.45, 7) is 14.2. The molecule has 4 heteroatoms. The van der Waals surface area contributed by atoms with Gasteiger partial charge in [0.2, 0.25) is 0 Å². The van der Waals surface area contributed by atoms with Gasteiger partial charge in [0, 0.05) is 25.0 Å². The van der Waals surface area contributed by atoms with Crippen LogP contribution in [0.5, 0.6) is 0 Å². The number of Topliss-reactive ketones (excluding diaryl/α,β-unsaturated/α-hetero) is 1. The normalized spacial score (nSPS) is 16.7. The zero-order chi connectivity index (χ0) is 24.8. The van der Waals surface area contributed by atoms with Crippen molar-refractivity contribution >= 4 is 22.5 Å². The number of anilines is 1. The molecule has 0 radical (unpaired) electrons. The van der Waals surface area contributed by atoms with Gasteiger partial charge in [0.15, 0.2) is 5.78 Å². The summed E-state index contributed by atoms with van der Waals surface area (Å²) in [5.74, 6) is 3.95. The number of aryl methyl sites for hydroxylation is 1. The standard InChI is InChI=1S/C11H13N3.C8H8O.C8H16.C2H4/c1-8-12-10-7-5-4-6-9(10)11(13-8)14(2)3;1-7(9)8-5-3-2-4-6-8;1-7-3-5-8(2)6-4-7;1-2/h4-7H,1-3H3;2-6H,1H3;7-8H,3-6H2,1-2H3;1-2H2. The van der Waals surface area contributed by atoms with Crippen molar-refractivity contribution in [1.29, 1.82) is 0 Å². The van der Waals surface area contributed by atoms with E-state index in [4.69, 9.17) is 0 Å². The fourth-order valence-electron chi connectivity index (χ4n) is 3.61. The van der Waals surface area contributed by atoms with Gasteiger partial charge < -0.3 is 4.90 Å². The topological polar surface area (TPSA) is 46.1 Å². The number of para-hydroxylation sites is 1. The third-order valence-electron chi connectivity index (χ3n) is 5.60. The van der Waals surface area contributed by atoms with E-state index in [9.17, 15) is 4.79 Å². The molecule has 0 unspecified atom stereocenters. The average Bonchev–Trinajstić information content (AvgIpc) is 2.83. The first-order valence-corrected chi connectivity index (χ1v) is 11.7. The van der Waals surface area contributed by atoms with E-state index in [1.807, 2.05) is 80.5 Å². The number of carbonyl (C=O) groups excluding carboxylic acids is 1. The quantitative estimate of drug-likeness (QED) is 0.301. The molecule has 1 saturated carbocycles. The summed E-state index contributed by atoms with van der Waals surface area (Å²) in [5, 5.41) is 1.10. The first-order valence-electron chi connectivity index (χ1n) is 11.7. The molecule has 3 aromatic rings. The maximum Gasteiger partial charge on any atom is 0.159 e. The van der Waals surface area contributed by atoms with Gasteiger partial charge >= 0.3 is 0 Å². The van der Waals surface area contributed by atoms with E-state index < -0.39 is 0 Å². The van der Waals surface area contributed by atoms with E-state index >= 15 is 0 Å². The van der Waals surface area contributed by atoms with Crippen LogP contribution in [0.25, 0.3) is 10.9 Å². The second-order valence-corrected chi connectivity index (χ2v) is 8.79. The zero-order valence-corrected chi connectivity index (χ0v) is 21.3. The molecule has 1 fully saturated rings. The van der Waals surface area contributed by atoms with E-state index in [2.05, 4.69) is 37.0 Å². The third-order valence-corrected chi connectivity index (χ3v) is 5.60. The molecule has 178 valence electrons. The smallest absolute Gasteiger partial charge is 0.159 e. The molecule has 1 aromatic heterocycles. The van der Waals surface area contributed by atoms with Gasteiger partial charge in [-0.1, -0.05) is 82.0 Å². The van der Waals surface area contributed by atoms with Crippen LogP contribution in [0.1, 0.15) is 62.6 Å². The molecule has 33 heavy (non-hydrogen) atoms. The second-order valence-electron chi connectivity index (χ2n) is 8.79. The molecule has 0 amide bonds. The fraction of sp³-hybridized carbons (Fsp3) is 0.414. The van der Waals surface area contributed by atoms with Crippen LogP contribution < -0.4 is 4.90 Å². The summed E-state index contributed by atoms with van der Waals surface area (Å²) >= 11 is 0. The lowest BCUT2D eigenvalue weighted by molar-refractivity contribution is 0.101. The number of aromatic nitrogens is 2. The van der Waals surface area contributed by atoms with Gasteiger partial charge in [-0.2, -0.15) is 0 Å². The summed E-state index contributed by atoms with van der Waals surface area (Å²) in [5.41, 5.74) is 1.78. The van der Waals surface area contributed by atoms with Crippen molar-refractivity contribution in [2.24, 2.45) is 11.8 Å². The molecular formula is C29H41N3O. The zero-order valence-electron chi connectivity index (χ0n) is 21.3. The summed E-state index contributed by atoms with van der Waals surface area (Å²) in [7, 11) is 3.99. The molecule has 4 nitrogen and oxygen atoms in total. The van der Waals surface area contributed by atoms with Crippen LogP contribution in [0, 0.1) is 18.8 Å². The van der Waals surface area contributed by atoms with Gasteiger partial charge in [0.05, 0.1) is 5.52 Å². The van der Waals surface area contributed by atoms with Crippen molar-refractivity contribution in [3.63, 3.8) is 0 Å². The molecule has 1 aliphatic rings. The van der Waals surface area contributed by atoms with Gasteiger partial charge in [0.25, 0.3) is 0 Å². The van der Waals surface area contributed by atoms with Crippen LogP contribution in [0.4, 0.5) is 5.82 Å². The van der Waals surface area contributed by atoms with E-state index in [0.717, 1.165) is 39.9 Å². The average molecular weight is 448 g/mol. The Kier molecular flexibility index (Phi) is 12.7. The Balaban J connectivity index is 0.000000250. The van der Waals surface area contributed by atoms with Crippen molar-refractivity contribution in [1.82, 2.24) is 9.97 Å². The van der Waals surface area contributed by atoms with Crippen LogP contribution in [-0.4, -0.2) is 29.8 Å². The maximum absolute atomic E-state index is 10.6. The largest absolute Gasteiger partial charge is 0.362 e. The Hall–Kier alpha value is -3.01. The number of hydrogen-bond acceptors (Lipinski definition) is 4. The van der Waals surface area contributed by atoms with Gasteiger partial charge in [0.1, 0.15) is 11.6 Å². The summed E-state index contributed by atoms with van der Waals surface area (Å²) in [6.07, 6.45) is 5.89.